The van der Waals surface area contributed by atoms with Gasteiger partial charge in [0, 0.05) is 16.5 Å². The van der Waals surface area contributed by atoms with Crippen LogP contribution in [-0.2, 0) is 0 Å². The van der Waals surface area contributed by atoms with E-state index in [1.807, 2.05) is 18.2 Å². The zero-order chi connectivity index (χ0) is 14.3. The van der Waals surface area contributed by atoms with E-state index in [1.165, 1.54) is 6.07 Å². The molecule has 0 saturated carbocycles. The van der Waals surface area contributed by atoms with Crippen molar-refractivity contribution < 1.29 is 14.2 Å². The molecule has 1 aliphatic rings. The van der Waals surface area contributed by atoms with Gasteiger partial charge in [0.1, 0.15) is 17.7 Å². The molecule has 0 amide bonds. The Labute approximate surface area is 132 Å². The Morgan fingerprint density at radius 1 is 1.15 bits per heavy atom. The standard InChI is InChI=1S/C15H11Br2FO2/c16-9-2-3-10-13(19)7-14(20-15(10)6-9)8-1-4-12(18)11(17)5-8/h1-6,13-14,19H,7H2/t13-,14?/m1/s1. The lowest BCUT2D eigenvalue weighted by atomic mass is 9.95. The minimum atomic E-state index is -0.583. The van der Waals surface area contributed by atoms with Crippen molar-refractivity contribution in [2.45, 2.75) is 18.6 Å². The van der Waals surface area contributed by atoms with Gasteiger partial charge in [0.25, 0.3) is 0 Å². The number of rotatable bonds is 1. The third-order valence-electron chi connectivity index (χ3n) is 3.36. The van der Waals surface area contributed by atoms with Crippen LogP contribution >= 0.6 is 31.9 Å². The third kappa shape index (κ3) is 2.62. The number of hydrogen-bond acceptors (Lipinski definition) is 2. The van der Waals surface area contributed by atoms with Gasteiger partial charge in [-0.05, 0) is 45.8 Å². The molecule has 0 bridgehead atoms. The Bertz CT molecular complexity index is 660. The van der Waals surface area contributed by atoms with E-state index in [4.69, 9.17) is 4.74 Å². The smallest absolute Gasteiger partial charge is 0.137 e. The molecule has 104 valence electrons. The van der Waals surface area contributed by atoms with Crippen molar-refractivity contribution >= 4 is 31.9 Å². The van der Waals surface area contributed by atoms with Crippen molar-refractivity contribution in [1.29, 1.82) is 0 Å². The predicted octanol–water partition coefficient (Wildman–Crippen LogP) is 4.91. The molecule has 2 aromatic rings. The highest BCUT2D eigenvalue weighted by Gasteiger charge is 2.28. The van der Waals surface area contributed by atoms with Crippen LogP contribution in [0.5, 0.6) is 5.75 Å². The largest absolute Gasteiger partial charge is 0.485 e. The number of halogens is 3. The first-order valence-electron chi connectivity index (χ1n) is 6.13. The number of ether oxygens (including phenoxy) is 1. The summed E-state index contributed by atoms with van der Waals surface area (Å²) >= 11 is 6.56. The highest BCUT2D eigenvalue weighted by atomic mass is 79.9. The van der Waals surface area contributed by atoms with Crippen molar-refractivity contribution in [3.63, 3.8) is 0 Å². The lowest BCUT2D eigenvalue weighted by Gasteiger charge is -2.30. The molecule has 2 atom stereocenters. The summed E-state index contributed by atoms with van der Waals surface area (Å²) in [6, 6.07) is 10.3. The fourth-order valence-electron chi connectivity index (χ4n) is 2.33. The van der Waals surface area contributed by atoms with Crippen LogP contribution in [0.2, 0.25) is 0 Å². The lowest BCUT2D eigenvalue weighted by molar-refractivity contribution is 0.0656. The maximum Gasteiger partial charge on any atom is 0.137 e. The molecule has 1 aliphatic heterocycles. The Balaban J connectivity index is 1.96. The second-order valence-electron chi connectivity index (χ2n) is 4.71. The van der Waals surface area contributed by atoms with Gasteiger partial charge in [0.2, 0.25) is 0 Å². The summed E-state index contributed by atoms with van der Waals surface area (Å²) in [5.41, 5.74) is 1.62. The van der Waals surface area contributed by atoms with E-state index in [0.717, 1.165) is 15.6 Å². The van der Waals surface area contributed by atoms with Gasteiger partial charge in [-0.3, -0.25) is 0 Å². The Kier molecular flexibility index (Phi) is 3.84. The molecule has 5 heteroatoms. The second-order valence-corrected chi connectivity index (χ2v) is 6.48. The van der Waals surface area contributed by atoms with E-state index in [1.54, 1.807) is 12.1 Å². The van der Waals surface area contributed by atoms with Crippen LogP contribution in [0.25, 0.3) is 0 Å². The average Bonchev–Trinajstić information content (AvgIpc) is 2.41. The zero-order valence-electron chi connectivity index (χ0n) is 10.3. The van der Waals surface area contributed by atoms with Gasteiger partial charge in [0.15, 0.2) is 0 Å². The molecule has 1 N–H and O–H groups in total. The van der Waals surface area contributed by atoms with E-state index in [0.29, 0.717) is 16.6 Å². The van der Waals surface area contributed by atoms with Crippen molar-refractivity contribution in [2.75, 3.05) is 0 Å². The Hall–Kier alpha value is -0.910. The summed E-state index contributed by atoms with van der Waals surface area (Å²) in [7, 11) is 0. The third-order valence-corrected chi connectivity index (χ3v) is 4.46. The highest BCUT2D eigenvalue weighted by Crippen LogP contribution is 2.42. The maximum atomic E-state index is 13.3. The van der Waals surface area contributed by atoms with E-state index < -0.39 is 6.10 Å². The van der Waals surface area contributed by atoms with Gasteiger partial charge in [-0.15, -0.1) is 0 Å². The lowest BCUT2D eigenvalue weighted by Crippen LogP contribution is -2.19. The van der Waals surface area contributed by atoms with Crippen LogP contribution in [0, 0.1) is 5.82 Å². The molecule has 2 aromatic carbocycles. The summed E-state index contributed by atoms with van der Waals surface area (Å²) in [4.78, 5) is 0. The van der Waals surface area contributed by atoms with Gasteiger partial charge in [0.05, 0.1) is 10.6 Å². The molecule has 2 nitrogen and oxygen atoms in total. The molecule has 0 spiro atoms. The molecular weight excluding hydrogens is 391 g/mol. The van der Waals surface area contributed by atoms with Crippen molar-refractivity contribution in [3.05, 3.63) is 62.3 Å². The number of hydrogen-bond donors (Lipinski definition) is 1. The van der Waals surface area contributed by atoms with E-state index in [-0.39, 0.29) is 11.9 Å². The Morgan fingerprint density at radius 3 is 2.70 bits per heavy atom. The first-order valence-corrected chi connectivity index (χ1v) is 7.72. The predicted molar refractivity (Wildman–Crippen MR) is 81.2 cm³/mol. The van der Waals surface area contributed by atoms with Crippen LogP contribution in [0.4, 0.5) is 4.39 Å². The number of aliphatic hydroxyl groups is 1. The fraction of sp³-hybridized carbons (Fsp3) is 0.200. The molecule has 20 heavy (non-hydrogen) atoms. The number of aliphatic hydroxyl groups excluding tert-OH is 1. The van der Waals surface area contributed by atoms with Crippen LogP contribution in [0.15, 0.2) is 45.3 Å². The number of fused-ring (bicyclic) bond motifs is 1. The molecule has 0 saturated heterocycles. The van der Waals surface area contributed by atoms with Crippen LogP contribution in [0.1, 0.15) is 29.8 Å². The molecule has 0 aliphatic carbocycles. The molecule has 3 rings (SSSR count). The maximum absolute atomic E-state index is 13.3. The molecule has 1 unspecified atom stereocenters. The minimum Gasteiger partial charge on any atom is -0.485 e. The van der Waals surface area contributed by atoms with Gasteiger partial charge < -0.3 is 9.84 Å². The summed E-state index contributed by atoms with van der Waals surface area (Å²) in [5, 5.41) is 10.2. The SMILES string of the molecule is O[C@@H]1CC(c2ccc(F)c(Br)c2)Oc2cc(Br)ccc21. The number of benzene rings is 2. The van der Waals surface area contributed by atoms with E-state index in [9.17, 15) is 9.50 Å². The van der Waals surface area contributed by atoms with Crippen molar-refractivity contribution in [1.82, 2.24) is 0 Å². The molecule has 0 aromatic heterocycles. The Morgan fingerprint density at radius 2 is 1.95 bits per heavy atom. The summed E-state index contributed by atoms with van der Waals surface area (Å²) in [6.45, 7) is 0. The first kappa shape index (κ1) is 14.0. The quantitative estimate of drug-likeness (QED) is 0.735. The normalized spacial score (nSPS) is 21.2. The molecule has 1 heterocycles. The molecule has 0 fully saturated rings. The highest BCUT2D eigenvalue weighted by molar-refractivity contribution is 9.10. The summed E-state index contributed by atoms with van der Waals surface area (Å²) in [5.74, 6) is 0.344. The van der Waals surface area contributed by atoms with Gasteiger partial charge in [-0.1, -0.05) is 28.1 Å². The summed E-state index contributed by atoms with van der Waals surface area (Å²) in [6.07, 6.45) is -0.420. The molecular formula is C15H11Br2FO2. The van der Waals surface area contributed by atoms with Gasteiger partial charge in [-0.2, -0.15) is 0 Å². The second kappa shape index (κ2) is 5.47. The first-order chi connectivity index (χ1) is 9.54. The monoisotopic (exact) mass is 400 g/mol. The van der Waals surface area contributed by atoms with E-state index in [2.05, 4.69) is 31.9 Å². The minimum absolute atomic E-state index is 0.288. The zero-order valence-corrected chi connectivity index (χ0v) is 13.5. The van der Waals surface area contributed by atoms with Gasteiger partial charge >= 0.3 is 0 Å². The van der Waals surface area contributed by atoms with Crippen LogP contribution in [0.3, 0.4) is 0 Å². The summed E-state index contributed by atoms with van der Waals surface area (Å²) < 4.78 is 20.5. The topological polar surface area (TPSA) is 29.5 Å². The van der Waals surface area contributed by atoms with Crippen molar-refractivity contribution in [2.24, 2.45) is 0 Å². The van der Waals surface area contributed by atoms with Gasteiger partial charge in [-0.25, -0.2) is 4.39 Å². The van der Waals surface area contributed by atoms with E-state index >= 15 is 0 Å². The average molecular weight is 402 g/mol. The van der Waals surface area contributed by atoms with Crippen LogP contribution < -0.4 is 4.74 Å². The fourth-order valence-corrected chi connectivity index (χ4v) is 3.07. The van der Waals surface area contributed by atoms with Crippen LogP contribution in [-0.4, -0.2) is 5.11 Å². The molecule has 0 radical (unpaired) electrons. The van der Waals surface area contributed by atoms with Crippen molar-refractivity contribution in [3.8, 4) is 5.75 Å².